The highest BCUT2D eigenvalue weighted by molar-refractivity contribution is 5.97. The number of carbonyl (C=O) groups excluding carboxylic acids is 1. The van der Waals surface area contributed by atoms with Crippen LogP contribution < -0.4 is 0 Å². The van der Waals surface area contributed by atoms with Crippen molar-refractivity contribution >= 4 is 5.78 Å². The van der Waals surface area contributed by atoms with E-state index in [4.69, 9.17) is 0 Å². The number of nitrogens with zero attached hydrogens (tertiary/aromatic N) is 6. The Hall–Kier alpha value is -2.54. The molecule has 1 spiro atoms. The molecular formula is C25H34N6O. The zero-order valence-corrected chi connectivity index (χ0v) is 19.4. The molecule has 0 bridgehead atoms. The fraction of sp³-hybridized carbons (Fsp3) is 0.600. The zero-order chi connectivity index (χ0) is 22.1. The molecule has 1 aliphatic carbocycles. The Morgan fingerprint density at radius 3 is 2.38 bits per heavy atom. The molecule has 1 aromatic carbocycles. The highest BCUT2D eigenvalue weighted by Crippen LogP contribution is 2.43. The number of allylic oxidation sites excluding steroid dienone is 2. The van der Waals surface area contributed by atoms with E-state index in [0.717, 1.165) is 50.2 Å². The summed E-state index contributed by atoms with van der Waals surface area (Å²) in [6, 6.07) is 6.49. The number of rotatable bonds is 5. The lowest BCUT2D eigenvalue weighted by Gasteiger charge is -2.48. The molecule has 0 unspecified atom stereocenters. The Morgan fingerprint density at radius 2 is 1.75 bits per heavy atom. The molecule has 3 aliphatic rings. The molecule has 0 saturated carbocycles. The summed E-state index contributed by atoms with van der Waals surface area (Å²) < 4.78 is 1.70. The van der Waals surface area contributed by atoms with Gasteiger partial charge in [0.1, 0.15) is 6.33 Å². The van der Waals surface area contributed by atoms with Crippen LogP contribution in [0.1, 0.15) is 56.6 Å². The molecule has 3 heterocycles. The minimum Gasteiger partial charge on any atom is -0.374 e. The van der Waals surface area contributed by atoms with Crippen molar-refractivity contribution in [3.05, 3.63) is 46.9 Å². The van der Waals surface area contributed by atoms with E-state index < -0.39 is 0 Å². The number of ketones is 1. The second-order valence-electron chi connectivity index (χ2n) is 9.94. The van der Waals surface area contributed by atoms with Crippen LogP contribution in [0, 0.1) is 12.3 Å². The van der Waals surface area contributed by atoms with Crippen LogP contribution in [0.4, 0.5) is 0 Å². The molecule has 170 valence electrons. The number of Topliss-reactive ketones (excluding diaryl/α,β-unsaturated/α-hetero) is 1. The lowest BCUT2D eigenvalue weighted by Crippen LogP contribution is -2.46. The summed E-state index contributed by atoms with van der Waals surface area (Å²) in [5.74, 6) is 0.355. The topological polar surface area (TPSA) is 67.2 Å². The third-order valence-corrected chi connectivity index (χ3v) is 8.20. The summed E-state index contributed by atoms with van der Waals surface area (Å²) >= 11 is 0. The lowest BCUT2D eigenvalue weighted by atomic mass is 9.71. The molecule has 5 rings (SSSR count). The van der Waals surface area contributed by atoms with Gasteiger partial charge in [-0.3, -0.25) is 4.79 Å². The van der Waals surface area contributed by atoms with Crippen LogP contribution >= 0.6 is 0 Å². The van der Waals surface area contributed by atoms with Crippen LogP contribution in [-0.4, -0.2) is 68.5 Å². The second-order valence-corrected chi connectivity index (χ2v) is 9.94. The first-order valence-corrected chi connectivity index (χ1v) is 12.1. The molecule has 0 amide bonds. The summed E-state index contributed by atoms with van der Waals surface area (Å²) in [6.07, 6.45) is 9.59. The van der Waals surface area contributed by atoms with E-state index in [0.29, 0.717) is 11.2 Å². The molecule has 7 heteroatoms. The van der Waals surface area contributed by atoms with E-state index in [1.165, 1.54) is 55.6 Å². The van der Waals surface area contributed by atoms with Gasteiger partial charge in [0.2, 0.25) is 0 Å². The van der Waals surface area contributed by atoms with Crippen molar-refractivity contribution in [2.45, 2.75) is 58.8 Å². The Bertz CT molecular complexity index is 993. The first-order valence-electron chi connectivity index (χ1n) is 12.1. The maximum atomic E-state index is 11.9. The Labute approximate surface area is 190 Å². The van der Waals surface area contributed by atoms with E-state index >= 15 is 0 Å². The maximum Gasteiger partial charge on any atom is 0.160 e. The number of aromatic nitrogens is 4. The van der Waals surface area contributed by atoms with Gasteiger partial charge < -0.3 is 9.80 Å². The quantitative estimate of drug-likeness (QED) is 0.719. The fourth-order valence-electron chi connectivity index (χ4n) is 5.83. The van der Waals surface area contributed by atoms with Crippen molar-refractivity contribution in [1.29, 1.82) is 0 Å². The fourth-order valence-corrected chi connectivity index (χ4v) is 5.83. The molecule has 2 aliphatic heterocycles. The minimum atomic E-state index is 0.355. The van der Waals surface area contributed by atoms with Crippen molar-refractivity contribution in [1.82, 2.24) is 30.0 Å². The summed E-state index contributed by atoms with van der Waals surface area (Å²) in [5.41, 5.74) is 6.60. The average molecular weight is 435 g/mol. The molecule has 1 aromatic heterocycles. The number of hydrogen-bond donors (Lipinski definition) is 0. The number of likely N-dealkylation sites (tertiary alicyclic amines) is 2. The molecule has 7 nitrogen and oxygen atoms in total. The van der Waals surface area contributed by atoms with E-state index in [1.807, 2.05) is 6.92 Å². The monoisotopic (exact) mass is 434 g/mol. The maximum absolute atomic E-state index is 11.9. The van der Waals surface area contributed by atoms with Crippen LogP contribution in [0.25, 0.3) is 5.69 Å². The second kappa shape index (κ2) is 8.77. The van der Waals surface area contributed by atoms with Gasteiger partial charge in [-0.1, -0.05) is 6.07 Å². The number of benzene rings is 1. The van der Waals surface area contributed by atoms with Crippen LogP contribution in [0.2, 0.25) is 0 Å². The number of tetrazole rings is 1. The zero-order valence-electron chi connectivity index (χ0n) is 19.4. The minimum absolute atomic E-state index is 0.355. The van der Waals surface area contributed by atoms with Gasteiger partial charge in [-0.25, -0.2) is 4.68 Å². The first-order chi connectivity index (χ1) is 15.5. The average Bonchev–Trinajstić information content (AvgIpc) is 3.46. The first kappa shape index (κ1) is 21.3. The van der Waals surface area contributed by atoms with Crippen molar-refractivity contribution in [2.75, 3.05) is 32.7 Å². The smallest absolute Gasteiger partial charge is 0.160 e. The van der Waals surface area contributed by atoms with Crippen LogP contribution in [0.5, 0.6) is 0 Å². The Kier molecular flexibility index (Phi) is 5.84. The molecule has 0 atom stereocenters. The summed E-state index contributed by atoms with van der Waals surface area (Å²) in [7, 11) is 0. The van der Waals surface area contributed by atoms with Gasteiger partial charge in [-0.05, 0) is 105 Å². The van der Waals surface area contributed by atoms with E-state index in [2.05, 4.69) is 50.4 Å². The van der Waals surface area contributed by atoms with E-state index in [-0.39, 0.29) is 0 Å². The van der Waals surface area contributed by atoms with Crippen LogP contribution in [0.15, 0.2) is 35.8 Å². The number of aryl methyl sites for hydroxylation is 1. The van der Waals surface area contributed by atoms with Crippen molar-refractivity contribution in [3.63, 3.8) is 0 Å². The molecular weight excluding hydrogens is 400 g/mol. The predicted molar refractivity (Wildman–Crippen MR) is 123 cm³/mol. The summed E-state index contributed by atoms with van der Waals surface area (Å²) in [6.45, 7) is 10.0. The van der Waals surface area contributed by atoms with Gasteiger partial charge in [0.15, 0.2) is 5.78 Å². The van der Waals surface area contributed by atoms with Gasteiger partial charge >= 0.3 is 0 Å². The largest absolute Gasteiger partial charge is 0.374 e. The number of carbonyl (C=O) groups is 1. The van der Waals surface area contributed by atoms with Crippen molar-refractivity contribution in [3.8, 4) is 5.69 Å². The van der Waals surface area contributed by atoms with Gasteiger partial charge in [0, 0.05) is 37.3 Å². The van der Waals surface area contributed by atoms with Gasteiger partial charge in [0.05, 0.1) is 5.69 Å². The van der Waals surface area contributed by atoms with Crippen LogP contribution in [-0.2, 0) is 11.2 Å². The summed E-state index contributed by atoms with van der Waals surface area (Å²) in [5, 5.41) is 11.4. The number of hydrogen-bond acceptors (Lipinski definition) is 6. The highest BCUT2D eigenvalue weighted by atomic mass is 16.1. The molecule has 2 fully saturated rings. The normalized spacial score (nSPS) is 21.7. The molecule has 2 aromatic rings. The Balaban J connectivity index is 1.11. The third kappa shape index (κ3) is 4.22. The predicted octanol–water partition coefficient (Wildman–Crippen LogP) is 3.33. The van der Waals surface area contributed by atoms with Gasteiger partial charge in [-0.2, -0.15) is 0 Å². The summed E-state index contributed by atoms with van der Waals surface area (Å²) in [4.78, 5) is 17.1. The third-order valence-electron chi connectivity index (χ3n) is 8.20. The highest BCUT2D eigenvalue weighted by Gasteiger charge is 2.38. The molecule has 32 heavy (non-hydrogen) atoms. The van der Waals surface area contributed by atoms with Crippen LogP contribution in [0.3, 0.4) is 0 Å². The SMILES string of the molecule is CC1=C(N2CCC3(CCN(CCc4ccc(-n5cnnn5)cc4C)CC3)CC2)CCC1=O. The van der Waals surface area contributed by atoms with Crippen molar-refractivity contribution < 1.29 is 4.79 Å². The van der Waals surface area contributed by atoms with Crippen molar-refractivity contribution in [2.24, 2.45) is 5.41 Å². The standard InChI is InChI=1S/C25H34N6O/c1-19-17-22(31-18-26-27-28-31)4-3-21(19)7-12-29-13-8-25(9-14-29)10-15-30(16-11-25)23-5-6-24(32)20(23)2/h3-4,17-18H,5-16H2,1-2H3. The molecule has 2 saturated heterocycles. The van der Waals surface area contributed by atoms with Gasteiger partial charge in [0.25, 0.3) is 0 Å². The molecule has 0 N–H and O–H groups in total. The lowest BCUT2D eigenvalue weighted by molar-refractivity contribution is -0.114. The van der Waals surface area contributed by atoms with E-state index in [1.54, 1.807) is 11.0 Å². The Morgan fingerprint density at radius 1 is 1.00 bits per heavy atom. The number of piperidine rings is 2. The van der Waals surface area contributed by atoms with Gasteiger partial charge in [-0.15, -0.1) is 5.10 Å². The molecule has 0 radical (unpaired) electrons. The van der Waals surface area contributed by atoms with E-state index in [9.17, 15) is 4.79 Å².